The maximum atomic E-state index is 6.21. The van der Waals surface area contributed by atoms with Gasteiger partial charge >= 0.3 is 0 Å². The first-order valence-corrected chi connectivity index (χ1v) is 9.70. The Hall–Kier alpha value is -2.50. The molecule has 1 aromatic heterocycles. The van der Waals surface area contributed by atoms with Gasteiger partial charge in [-0.3, -0.25) is 4.90 Å². The van der Waals surface area contributed by atoms with E-state index in [9.17, 15) is 0 Å². The minimum atomic E-state index is 0.111. The number of fused-ring (bicyclic) bond motifs is 1. The number of ether oxygens (including phenoxy) is 2. The first-order chi connectivity index (χ1) is 13.6. The van der Waals surface area contributed by atoms with E-state index in [-0.39, 0.29) is 6.04 Å². The van der Waals surface area contributed by atoms with Crippen LogP contribution >= 0.6 is 11.6 Å². The van der Waals surface area contributed by atoms with Crippen LogP contribution in [0.1, 0.15) is 28.6 Å². The second-order valence-electron chi connectivity index (χ2n) is 7.00. The summed E-state index contributed by atoms with van der Waals surface area (Å²) in [6.45, 7) is 1.64. The first-order valence-electron chi connectivity index (χ1n) is 9.32. The Morgan fingerprint density at radius 1 is 1.11 bits per heavy atom. The van der Waals surface area contributed by atoms with Crippen LogP contribution in [-0.4, -0.2) is 35.2 Å². The topological polar surface area (TPSA) is 39.5 Å². The Balaban J connectivity index is 1.79. The average molecular weight is 398 g/mol. The van der Waals surface area contributed by atoms with E-state index < -0.39 is 0 Å². The van der Waals surface area contributed by atoms with Gasteiger partial charge in [0.2, 0.25) is 0 Å². The summed E-state index contributed by atoms with van der Waals surface area (Å²) >= 11 is 6.21. The molecule has 2 heterocycles. The van der Waals surface area contributed by atoms with Crippen molar-refractivity contribution in [3.8, 4) is 11.5 Å². The van der Waals surface area contributed by atoms with E-state index in [1.165, 1.54) is 16.7 Å². The summed E-state index contributed by atoms with van der Waals surface area (Å²) in [6, 6.07) is 14.9. The summed E-state index contributed by atoms with van der Waals surface area (Å²) in [7, 11) is 5.31. The molecule has 3 aromatic rings. The molecular formula is C22H24ClN3O2. The molecule has 0 saturated carbocycles. The lowest BCUT2D eigenvalue weighted by molar-refractivity contribution is 0.196. The fourth-order valence-corrected chi connectivity index (χ4v) is 4.09. The average Bonchev–Trinajstić information content (AvgIpc) is 3.05. The minimum Gasteiger partial charge on any atom is -0.493 e. The fraction of sp³-hybridized carbons (Fsp3) is 0.318. The highest BCUT2D eigenvalue weighted by atomic mass is 35.5. The van der Waals surface area contributed by atoms with Crippen molar-refractivity contribution in [2.24, 2.45) is 7.05 Å². The van der Waals surface area contributed by atoms with Crippen LogP contribution in [0.2, 0.25) is 5.15 Å². The van der Waals surface area contributed by atoms with Crippen molar-refractivity contribution in [1.29, 1.82) is 0 Å². The molecule has 0 fully saturated rings. The summed E-state index contributed by atoms with van der Waals surface area (Å²) in [5.41, 5.74) is 3.78. The minimum absolute atomic E-state index is 0.111. The van der Waals surface area contributed by atoms with Crippen LogP contribution in [0.25, 0.3) is 0 Å². The van der Waals surface area contributed by atoms with Gasteiger partial charge in [-0.2, -0.15) is 0 Å². The van der Waals surface area contributed by atoms with Gasteiger partial charge in [-0.05, 0) is 35.2 Å². The number of methoxy groups -OCH3 is 2. The quantitative estimate of drug-likeness (QED) is 0.645. The lowest BCUT2D eigenvalue weighted by atomic mass is 9.87. The van der Waals surface area contributed by atoms with Gasteiger partial charge in [-0.1, -0.05) is 41.9 Å². The molecule has 0 aliphatic carbocycles. The molecule has 0 unspecified atom stereocenters. The standard InChI is InChI=1S/C22H24ClN3O2/c1-25-20(23)13-24-21(25)14-26-10-9-16-11-18(27-2)19(28-3)12-17(16)22(26)15-7-5-4-6-8-15/h4-8,11-13,22H,9-10,14H2,1-3H3/t22-/m0/s1. The summed E-state index contributed by atoms with van der Waals surface area (Å²) in [5, 5.41) is 0.648. The molecule has 4 rings (SSSR count). The first kappa shape index (κ1) is 18.8. The van der Waals surface area contributed by atoms with Gasteiger partial charge in [0.1, 0.15) is 11.0 Å². The molecule has 0 amide bonds. The zero-order chi connectivity index (χ0) is 19.7. The summed E-state index contributed by atoms with van der Waals surface area (Å²) < 4.78 is 13.0. The van der Waals surface area contributed by atoms with Crippen molar-refractivity contribution >= 4 is 11.6 Å². The number of hydrogen-bond donors (Lipinski definition) is 0. The molecule has 0 bridgehead atoms. The SMILES string of the molecule is COc1cc2c(cc1OC)[C@H](c1ccccc1)N(Cc1ncc(Cl)n1C)CC2. The van der Waals surface area contributed by atoms with Crippen LogP contribution in [0, 0.1) is 0 Å². The van der Waals surface area contributed by atoms with E-state index in [4.69, 9.17) is 21.1 Å². The third-order valence-corrected chi connectivity index (χ3v) is 5.81. The maximum Gasteiger partial charge on any atom is 0.161 e. The second kappa shape index (κ2) is 7.86. The Morgan fingerprint density at radius 3 is 2.46 bits per heavy atom. The van der Waals surface area contributed by atoms with Crippen molar-refractivity contribution in [2.75, 3.05) is 20.8 Å². The highest BCUT2D eigenvalue weighted by Crippen LogP contribution is 2.41. The van der Waals surface area contributed by atoms with E-state index in [1.807, 2.05) is 17.7 Å². The predicted octanol–water partition coefficient (Wildman–Crippen LogP) is 4.24. The van der Waals surface area contributed by atoms with Crippen LogP contribution in [0.5, 0.6) is 11.5 Å². The summed E-state index contributed by atoms with van der Waals surface area (Å²) in [4.78, 5) is 6.95. The Morgan fingerprint density at radius 2 is 1.82 bits per heavy atom. The van der Waals surface area contributed by atoms with Gasteiger partial charge in [0.05, 0.1) is 33.0 Å². The van der Waals surface area contributed by atoms with Crippen molar-refractivity contribution in [1.82, 2.24) is 14.5 Å². The monoisotopic (exact) mass is 397 g/mol. The van der Waals surface area contributed by atoms with Crippen LogP contribution < -0.4 is 9.47 Å². The largest absolute Gasteiger partial charge is 0.493 e. The molecular weight excluding hydrogens is 374 g/mol. The van der Waals surface area contributed by atoms with Gasteiger partial charge in [-0.25, -0.2) is 4.98 Å². The Bertz CT molecular complexity index is 971. The van der Waals surface area contributed by atoms with Crippen LogP contribution in [0.15, 0.2) is 48.7 Å². The smallest absolute Gasteiger partial charge is 0.161 e. The molecule has 28 heavy (non-hydrogen) atoms. The molecule has 6 heteroatoms. The zero-order valence-electron chi connectivity index (χ0n) is 16.4. The van der Waals surface area contributed by atoms with Crippen molar-refractivity contribution in [2.45, 2.75) is 19.0 Å². The highest BCUT2D eigenvalue weighted by molar-refractivity contribution is 6.29. The zero-order valence-corrected chi connectivity index (χ0v) is 17.1. The third-order valence-electron chi connectivity index (χ3n) is 5.46. The number of halogens is 1. The molecule has 146 valence electrons. The van der Waals surface area contributed by atoms with E-state index >= 15 is 0 Å². The lowest BCUT2D eigenvalue weighted by Crippen LogP contribution is -2.36. The number of hydrogen-bond acceptors (Lipinski definition) is 4. The van der Waals surface area contributed by atoms with Gasteiger partial charge in [-0.15, -0.1) is 0 Å². The van der Waals surface area contributed by atoms with Crippen LogP contribution in [0.4, 0.5) is 0 Å². The number of nitrogens with zero attached hydrogens (tertiary/aromatic N) is 3. The highest BCUT2D eigenvalue weighted by Gasteiger charge is 2.31. The number of aromatic nitrogens is 2. The van der Waals surface area contributed by atoms with Gasteiger partial charge in [0.25, 0.3) is 0 Å². The number of benzene rings is 2. The third kappa shape index (κ3) is 3.36. The molecule has 1 atom stereocenters. The molecule has 0 saturated heterocycles. The molecule has 0 spiro atoms. The molecule has 0 radical (unpaired) electrons. The van der Waals surface area contributed by atoms with E-state index in [0.717, 1.165) is 36.8 Å². The summed E-state index contributed by atoms with van der Waals surface area (Å²) in [6.07, 6.45) is 2.65. The van der Waals surface area contributed by atoms with E-state index in [0.29, 0.717) is 5.15 Å². The second-order valence-corrected chi connectivity index (χ2v) is 7.38. The Kier molecular flexibility index (Phi) is 5.29. The molecule has 0 N–H and O–H groups in total. The van der Waals surface area contributed by atoms with Crippen LogP contribution in [0.3, 0.4) is 0 Å². The molecule has 5 nitrogen and oxygen atoms in total. The van der Waals surface area contributed by atoms with E-state index in [2.05, 4.69) is 46.3 Å². The lowest BCUT2D eigenvalue weighted by Gasteiger charge is -2.38. The van der Waals surface area contributed by atoms with Crippen molar-refractivity contribution in [3.05, 3.63) is 76.3 Å². The Labute approximate surface area is 170 Å². The van der Waals surface area contributed by atoms with Crippen molar-refractivity contribution < 1.29 is 9.47 Å². The van der Waals surface area contributed by atoms with E-state index in [1.54, 1.807) is 20.4 Å². The number of rotatable bonds is 5. The normalized spacial score (nSPS) is 16.6. The molecule has 1 aliphatic rings. The predicted molar refractivity (Wildman–Crippen MR) is 110 cm³/mol. The molecule has 2 aromatic carbocycles. The van der Waals surface area contributed by atoms with Crippen molar-refractivity contribution in [3.63, 3.8) is 0 Å². The van der Waals surface area contributed by atoms with Gasteiger partial charge < -0.3 is 14.0 Å². The fourth-order valence-electron chi connectivity index (χ4n) is 3.95. The van der Waals surface area contributed by atoms with Gasteiger partial charge in [0.15, 0.2) is 11.5 Å². The van der Waals surface area contributed by atoms with Gasteiger partial charge in [0, 0.05) is 13.6 Å². The van der Waals surface area contributed by atoms with Crippen LogP contribution in [-0.2, 0) is 20.0 Å². The number of imidazole rings is 1. The molecule has 1 aliphatic heterocycles. The maximum absolute atomic E-state index is 6.21. The summed E-state index contributed by atoms with van der Waals surface area (Å²) in [5.74, 6) is 2.48.